The van der Waals surface area contributed by atoms with E-state index in [0.717, 1.165) is 37.3 Å². The molecule has 0 aromatic heterocycles. The lowest BCUT2D eigenvalue weighted by Crippen LogP contribution is -2.41. The van der Waals surface area contributed by atoms with Crippen LogP contribution in [0.3, 0.4) is 0 Å². The minimum absolute atomic E-state index is 0.0317. The zero-order chi connectivity index (χ0) is 17.5. The number of nitro groups is 1. The van der Waals surface area contributed by atoms with Crippen LogP contribution in [0.25, 0.3) is 0 Å². The summed E-state index contributed by atoms with van der Waals surface area (Å²) in [5, 5.41) is 26.2. The summed E-state index contributed by atoms with van der Waals surface area (Å²) in [5.41, 5.74) is 1.77. The van der Waals surface area contributed by atoms with Gasteiger partial charge < -0.3 is 15.2 Å². The molecule has 1 heterocycles. The number of hydrazone groups is 1. The van der Waals surface area contributed by atoms with Crippen LogP contribution in [0.2, 0.25) is 0 Å². The second-order valence-corrected chi connectivity index (χ2v) is 5.04. The number of phenols is 1. The number of non-ortho nitro benzene ring substituents is 1. The molecule has 0 radical (unpaired) electrons. The quantitative estimate of drug-likeness (QED) is 0.300. The Labute approximate surface area is 136 Å². The number of nitro benzene ring substituents is 1. The highest BCUT2D eigenvalue weighted by Crippen LogP contribution is 2.21. The molecule has 1 aliphatic heterocycles. The Kier molecular flexibility index (Phi) is 5.79. The molecule has 1 fully saturated rings. The van der Waals surface area contributed by atoms with Crippen molar-refractivity contribution in [1.82, 2.24) is 10.7 Å². The Balaban J connectivity index is 1.86. The van der Waals surface area contributed by atoms with Crippen LogP contribution in [0.1, 0.15) is 18.4 Å². The van der Waals surface area contributed by atoms with Gasteiger partial charge in [-0.15, -0.1) is 0 Å². The lowest BCUT2D eigenvalue weighted by molar-refractivity contribution is -0.384. The van der Waals surface area contributed by atoms with E-state index in [1.54, 1.807) is 0 Å². The van der Waals surface area contributed by atoms with Gasteiger partial charge in [-0.25, -0.2) is 5.43 Å². The first-order chi connectivity index (χ1) is 11.5. The molecule has 0 unspecified atom stereocenters. The van der Waals surface area contributed by atoms with Crippen LogP contribution in [-0.2, 0) is 14.3 Å². The van der Waals surface area contributed by atoms with Gasteiger partial charge in [0.1, 0.15) is 5.75 Å². The van der Waals surface area contributed by atoms with Gasteiger partial charge in [-0.2, -0.15) is 5.10 Å². The van der Waals surface area contributed by atoms with E-state index in [1.165, 1.54) is 0 Å². The fourth-order valence-corrected chi connectivity index (χ4v) is 2.06. The predicted molar refractivity (Wildman–Crippen MR) is 82.5 cm³/mol. The topological polar surface area (TPSA) is 143 Å². The summed E-state index contributed by atoms with van der Waals surface area (Å²) in [6.45, 7) is 0.880. The van der Waals surface area contributed by atoms with Crippen molar-refractivity contribution < 1.29 is 24.4 Å². The lowest BCUT2D eigenvalue weighted by Gasteiger charge is -2.09. The van der Waals surface area contributed by atoms with Crippen LogP contribution in [0.5, 0.6) is 5.75 Å². The predicted octanol–water partition coefficient (Wildman–Crippen LogP) is 0.0457. The summed E-state index contributed by atoms with van der Waals surface area (Å²) in [5.74, 6) is -2.11. The van der Waals surface area contributed by atoms with Crippen molar-refractivity contribution in [3.8, 4) is 5.75 Å². The summed E-state index contributed by atoms with van der Waals surface area (Å²) in [6.07, 6.45) is 2.66. The van der Waals surface area contributed by atoms with Gasteiger partial charge in [0.2, 0.25) is 0 Å². The van der Waals surface area contributed by atoms with Crippen molar-refractivity contribution in [3.63, 3.8) is 0 Å². The van der Waals surface area contributed by atoms with Crippen molar-refractivity contribution in [2.75, 3.05) is 13.2 Å². The summed E-state index contributed by atoms with van der Waals surface area (Å²) in [7, 11) is 0. The number of amides is 2. The minimum Gasteiger partial charge on any atom is -0.507 e. The molecule has 1 aromatic rings. The van der Waals surface area contributed by atoms with Gasteiger partial charge in [0.05, 0.1) is 17.2 Å². The maximum absolute atomic E-state index is 11.6. The molecule has 0 spiro atoms. The first-order valence-electron chi connectivity index (χ1n) is 7.17. The SMILES string of the molecule is O=C(NC[C@H]1CCCO1)C(=O)N/N=C\c1cc([N+](=O)[O-])ccc1O. The molecule has 10 heteroatoms. The lowest BCUT2D eigenvalue weighted by atomic mass is 10.2. The number of benzene rings is 1. The summed E-state index contributed by atoms with van der Waals surface area (Å²) < 4.78 is 5.31. The molecule has 1 saturated heterocycles. The van der Waals surface area contributed by atoms with Gasteiger partial charge in [-0.05, 0) is 18.9 Å². The van der Waals surface area contributed by atoms with E-state index >= 15 is 0 Å². The summed E-state index contributed by atoms with van der Waals surface area (Å²) >= 11 is 0. The third-order valence-corrected chi connectivity index (χ3v) is 3.31. The van der Waals surface area contributed by atoms with Gasteiger partial charge in [-0.1, -0.05) is 0 Å². The number of carbonyl (C=O) groups is 2. The third-order valence-electron chi connectivity index (χ3n) is 3.31. The largest absolute Gasteiger partial charge is 0.507 e. The molecule has 1 atom stereocenters. The average Bonchev–Trinajstić information content (AvgIpc) is 3.07. The smallest absolute Gasteiger partial charge is 0.329 e. The maximum atomic E-state index is 11.6. The number of hydrogen-bond acceptors (Lipinski definition) is 7. The van der Waals surface area contributed by atoms with E-state index in [1.807, 2.05) is 5.43 Å². The first-order valence-corrected chi connectivity index (χ1v) is 7.17. The van der Waals surface area contributed by atoms with E-state index in [0.29, 0.717) is 6.61 Å². The fraction of sp³-hybridized carbons (Fsp3) is 0.357. The highest BCUT2D eigenvalue weighted by Gasteiger charge is 2.19. The van der Waals surface area contributed by atoms with Crippen molar-refractivity contribution >= 4 is 23.7 Å². The summed E-state index contributed by atoms with van der Waals surface area (Å²) in [4.78, 5) is 33.1. The van der Waals surface area contributed by atoms with Crippen molar-refractivity contribution in [2.24, 2.45) is 5.10 Å². The van der Waals surface area contributed by atoms with Crippen molar-refractivity contribution in [1.29, 1.82) is 0 Å². The van der Waals surface area contributed by atoms with E-state index in [2.05, 4.69) is 10.4 Å². The van der Waals surface area contributed by atoms with Crippen LogP contribution in [0.4, 0.5) is 5.69 Å². The van der Waals surface area contributed by atoms with E-state index in [9.17, 15) is 24.8 Å². The van der Waals surface area contributed by atoms with E-state index in [4.69, 9.17) is 4.74 Å². The van der Waals surface area contributed by atoms with Crippen LogP contribution in [0.15, 0.2) is 23.3 Å². The second kappa shape index (κ2) is 8.02. The summed E-state index contributed by atoms with van der Waals surface area (Å²) in [6, 6.07) is 3.35. The Bertz CT molecular complexity index is 669. The molecular weight excluding hydrogens is 320 g/mol. The minimum atomic E-state index is -0.992. The zero-order valence-electron chi connectivity index (χ0n) is 12.6. The molecular formula is C14H16N4O6. The number of aromatic hydroxyl groups is 1. The normalized spacial score (nSPS) is 16.9. The van der Waals surface area contributed by atoms with Crippen LogP contribution in [-0.4, -0.2) is 47.3 Å². The van der Waals surface area contributed by atoms with Gasteiger partial charge >= 0.3 is 11.8 Å². The monoisotopic (exact) mass is 336 g/mol. The molecule has 2 amide bonds. The average molecular weight is 336 g/mol. The van der Waals surface area contributed by atoms with Crippen molar-refractivity contribution in [3.05, 3.63) is 33.9 Å². The number of hydrogen-bond donors (Lipinski definition) is 3. The van der Waals surface area contributed by atoms with E-state index < -0.39 is 16.7 Å². The molecule has 1 aromatic carbocycles. The van der Waals surface area contributed by atoms with Gasteiger partial charge in [0.25, 0.3) is 5.69 Å². The molecule has 0 bridgehead atoms. The number of nitrogens with one attached hydrogen (secondary N) is 2. The fourth-order valence-electron chi connectivity index (χ4n) is 2.06. The number of carbonyl (C=O) groups excluding carboxylic acids is 2. The second-order valence-electron chi connectivity index (χ2n) is 5.04. The maximum Gasteiger partial charge on any atom is 0.329 e. The third kappa shape index (κ3) is 4.74. The molecule has 2 rings (SSSR count). The Morgan fingerprint density at radius 1 is 1.46 bits per heavy atom. The Morgan fingerprint density at radius 3 is 2.92 bits per heavy atom. The number of phenolic OH excluding ortho intramolecular Hbond substituents is 1. The molecule has 3 N–H and O–H groups in total. The van der Waals surface area contributed by atoms with Crippen molar-refractivity contribution in [2.45, 2.75) is 18.9 Å². The van der Waals surface area contributed by atoms with Gasteiger partial charge in [0.15, 0.2) is 0 Å². The van der Waals surface area contributed by atoms with Crippen LogP contribution in [0, 0.1) is 10.1 Å². The van der Waals surface area contributed by atoms with Gasteiger partial charge in [0, 0.05) is 30.8 Å². The Morgan fingerprint density at radius 2 is 2.25 bits per heavy atom. The molecule has 1 aliphatic rings. The van der Waals surface area contributed by atoms with Gasteiger partial charge in [-0.3, -0.25) is 19.7 Å². The number of ether oxygens (including phenoxy) is 1. The zero-order valence-corrected chi connectivity index (χ0v) is 12.6. The highest BCUT2D eigenvalue weighted by atomic mass is 16.6. The molecule has 10 nitrogen and oxygen atoms in total. The van der Waals surface area contributed by atoms with Crippen LogP contribution >= 0.6 is 0 Å². The number of nitrogens with zero attached hydrogens (tertiary/aromatic N) is 2. The molecule has 0 saturated carbocycles. The first kappa shape index (κ1) is 17.3. The van der Waals surface area contributed by atoms with Crippen LogP contribution < -0.4 is 10.7 Å². The molecule has 128 valence electrons. The van der Waals surface area contributed by atoms with E-state index in [-0.39, 0.29) is 29.6 Å². The Hall–Kier alpha value is -3.01. The highest BCUT2D eigenvalue weighted by molar-refractivity contribution is 6.35. The standard InChI is InChI=1S/C14H16N4O6/c19-12-4-3-10(18(22)23)6-9(12)7-16-17-14(21)13(20)15-8-11-2-1-5-24-11/h3-4,6-7,11,19H,1-2,5,8H2,(H,15,20)(H,17,21)/b16-7-/t11-/m1/s1. The number of rotatable bonds is 5. The molecule has 24 heavy (non-hydrogen) atoms. The molecule has 0 aliphatic carbocycles.